The van der Waals surface area contributed by atoms with E-state index in [0.717, 1.165) is 36.9 Å². The van der Waals surface area contributed by atoms with Crippen LogP contribution in [0.25, 0.3) is 11.0 Å². The highest BCUT2D eigenvalue weighted by molar-refractivity contribution is 5.82. The van der Waals surface area contributed by atoms with Gasteiger partial charge in [0.2, 0.25) is 0 Å². The van der Waals surface area contributed by atoms with Gasteiger partial charge in [-0.15, -0.1) is 0 Å². The first-order chi connectivity index (χ1) is 10.2. The molecule has 0 spiro atoms. The Kier molecular flexibility index (Phi) is 5.83. The Bertz CT molecular complexity index is 557. The fraction of sp³-hybridized carbons (Fsp3) is 0.556. The molecule has 0 unspecified atom stereocenters. The van der Waals surface area contributed by atoms with Crippen molar-refractivity contribution in [3.8, 4) is 0 Å². The fourth-order valence-electron chi connectivity index (χ4n) is 2.93. The van der Waals surface area contributed by atoms with Gasteiger partial charge in [0.25, 0.3) is 0 Å². The molecule has 0 saturated heterocycles. The number of rotatable bonds is 8. The van der Waals surface area contributed by atoms with Crippen LogP contribution in [0.2, 0.25) is 0 Å². The molecule has 0 bridgehead atoms. The summed E-state index contributed by atoms with van der Waals surface area (Å²) in [6.07, 6.45) is 2.48. The van der Waals surface area contributed by atoms with Crippen molar-refractivity contribution in [3.63, 3.8) is 0 Å². The van der Waals surface area contributed by atoms with Gasteiger partial charge in [0.05, 0.1) is 6.54 Å². The summed E-state index contributed by atoms with van der Waals surface area (Å²) in [7, 11) is 0. The van der Waals surface area contributed by atoms with E-state index in [1.54, 1.807) is 0 Å². The normalized spacial score (nSPS) is 11.9. The van der Waals surface area contributed by atoms with Crippen molar-refractivity contribution in [1.82, 2.24) is 4.90 Å². The lowest BCUT2D eigenvalue weighted by Gasteiger charge is -2.25. The Hall–Kier alpha value is -1.32. The van der Waals surface area contributed by atoms with Crippen molar-refractivity contribution in [2.45, 2.75) is 46.7 Å². The average molecular weight is 288 g/mol. The summed E-state index contributed by atoms with van der Waals surface area (Å²) in [5.41, 5.74) is 8.09. The number of hydrogen-bond donors (Lipinski definition) is 1. The summed E-state index contributed by atoms with van der Waals surface area (Å²) in [4.78, 5) is 2.51. The van der Waals surface area contributed by atoms with Crippen molar-refractivity contribution in [3.05, 3.63) is 35.6 Å². The highest BCUT2D eigenvalue weighted by atomic mass is 16.3. The van der Waals surface area contributed by atoms with E-state index in [0.29, 0.717) is 6.54 Å². The van der Waals surface area contributed by atoms with Crippen LogP contribution in [-0.4, -0.2) is 18.0 Å². The summed E-state index contributed by atoms with van der Waals surface area (Å²) in [5, 5.41) is 1.21. The zero-order valence-electron chi connectivity index (χ0n) is 13.6. The zero-order valence-corrected chi connectivity index (χ0v) is 13.6. The van der Waals surface area contributed by atoms with E-state index in [4.69, 9.17) is 10.2 Å². The molecule has 21 heavy (non-hydrogen) atoms. The molecule has 2 N–H and O–H groups in total. The van der Waals surface area contributed by atoms with E-state index in [-0.39, 0.29) is 0 Å². The minimum Gasteiger partial charge on any atom is -0.459 e. The lowest BCUT2D eigenvalue weighted by Crippen LogP contribution is -2.29. The van der Waals surface area contributed by atoms with Gasteiger partial charge in [-0.05, 0) is 18.5 Å². The van der Waals surface area contributed by atoms with Gasteiger partial charge in [-0.1, -0.05) is 51.8 Å². The average Bonchev–Trinajstić information content (AvgIpc) is 2.89. The number of fused-ring (bicyclic) bond motifs is 1. The number of para-hydroxylation sites is 1. The Balaban J connectivity index is 2.24. The van der Waals surface area contributed by atoms with E-state index < -0.39 is 0 Å². The molecule has 0 radical (unpaired) electrons. The molecule has 1 aromatic carbocycles. The summed E-state index contributed by atoms with van der Waals surface area (Å²) >= 11 is 0. The van der Waals surface area contributed by atoms with E-state index in [1.807, 2.05) is 12.1 Å². The molecule has 3 heteroatoms. The van der Waals surface area contributed by atoms with Crippen LogP contribution in [-0.2, 0) is 13.1 Å². The van der Waals surface area contributed by atoms with Crippen molar-refractivity contribution in [2.75, 3.05) is 13.1 Å². The second-order valence-corrected chi connectivity index (χ2v) is 5.71. The van der Waals surface area contributed by atoms with Crippen LogP contribution < -0.4 is 5.73 Å². The van der Waals surface area contributed by atoms with Crippen LogP contribution >= 0.6 is 0 Å². The number of nitrogens with zero attached hydrogens (tertiary/aromatic N) is 1. The predicted molar refractivity (Wildman–Crippen MR) is 89.1 cm³/mol. The molecule has 1 aromatic heterocycles. The summed E-state index contributed by atoms with van der Waals surface area (Å²) in [6.45, 7) is 10.4. The SMILES string of the molecule is CCC(CC)CN(CC)Cc1c(CN)oc2ccccc12. The number of benzene rings is 1. The maximum atomic E-state index is 5.90. The Labute approximate surface area is 128 Å². The van der Waals surface area contributed by atoms with Crippen LogP contribution in [0.5, 0.6) is 0 Å². The maximum Gasteiger partial charge on any atom is 0.134 e. The second kappa shape index (κ2) is 7.62. The topological polar surface area (TPSA) is 42.4 Å². The monoisotopic (exact) mass is 288 g/mol. The number of furan rings is 1. The first kappa shape index (κ1) is 16.1. The van der Waals surface area contributed by atoms with Gasteiger partial charge in [-0.2, -0.15) is 0 Å². The van der Waals surface area contributed by atoms with Gasteiger partial charge in [-0.3, -0.25) is 4.90 Å². The van der Waals surface area contributed by atoms with Crippen molar-refractivity contribution in [1.29, 1.82) is 0 Å². The second-order valence-electron chi connectivity index (χ2n) is 5.71. The van der Waals surface area contributed by atoms with E-state index in [2.05, 4.69) is 37.8 Å². The molecule has 116 valence electrons. The third-order valence-corrected chi connectivity index (χ3v) is 4.47. The van der Waals surface area contributed by atoms with Crippen LogP contribution in [0, 0.1) is 5.92 Å². The molecule has 0 fully saturated rings. The minimum absolute atomic E-state index is 0.465. The van der Waals surface area contributed by atoms with Crippen molar-refractivity contribution in [2.24, 2.45) is 11.7 Å². The molecular formula is C18H28N2O. The first-order valence-electron chi connectivity index (χ1n) is 8.15. The highest BCUT2D eigenvalue weighted by Crippen LogP contribution is 2.27. The van der Waals surface area contributed by atoms with E-state index >= 15 is 0 Å². The molecule has 2 aromatic rings. The first-order valence-corrected chi connectivity index (χ1v) is 8.15. The smallest absolute Gasteiger partial charge is 0.134 e. The summed E-state index contributed by atoms with van der Waals surface area (Å²) in [6, 6.07) is 8.24. The molecule has 3 nitrogen and oxygen atoms in total. The fourth-order valence-corrected chi connectivity index (χ4v) is 2.93. The highest BCUT2D eigenvalue weighted by Gasteiger charge is 2.17. The molecule has 1 heterocycles. The van der Waals surface area contributed by atoms with Gasteiger partial charge in [0, 0.05) is 24.0 Å². The van der Waals surface area contributed by atoms with E-state index in [9.17, 15) is 0 Å². The van der Waals surface area contributed by atoms with Gasteiger partial charge in [-0.25, -0.2) is 0 Å². The molecule has 2 rings (SSSR count). The lowest BCUT2D eigenvalue weighted by molar-refractivity contribution is 0.225. The molecule has 0 aliphatic heterocycles. The predicted octanol–water partition coefficient (Wildman–Crippen LogP) is 4.15. The van der Waals surface area contributed by atoms with Crippen LogP contribution in [0.15, 0.2) is 28.7 Å². The quantitative estimate of drug-likeness (QED) is 0.793. The Morgan fingerprint density at radius 3 is 2.48 bits per heavy atom. The van der Waals surface area contributed by atoms with Gasteiger partial charge in [0.15, 0.2) is 0 Å². The Morgan fingerprint density at radius 2 is 1.86 bits per heavy atom. The van der Waals surface area contributed by atoms with Crippen LogP contribution in [0.1, 0.15) is 44.9 Å². The van der Waals surface area contributed by atoms with Crippen LogP contribution in [0.4, 0.5) is 0 Å². The van der Waals surface area contributed by atoms with Gasteiger partial charge >= 0.3 is 0 Å². The molecule has 0 aliphatic carbocycles. The minimum atomic E-state index is 0.465. The van der Waals surface area contributed by atoms with E-state index in [1.165, 1.54) is 23.8 Å². The van der Waals surface area contributed by atoms with Crippen molar-refractivity contribution < 1.29 is 4.42 Å². The standard InChI is InChI=1S/C18H28N2O/c1-4-14(5-2)12-20(6-3)13-16-15-9-7-8-10-17(15)21-18(16)11-19/h7-10,14H,4-6,11-13,19H2,1-3H3. The number of nitrogens with two attached hydrogens (primary N) is 1. The summed E-state index contributed by atoms with van der Waals surface area (Å²) < 4.78 is 5.90. The molecule has 0 amide bonds. The third-order valence-electron chi connectivity index (χ3n) is 4.47. The van der Waals surface area contributed by atoms with Crippen molar-refractivity contribution >= 4 is 11.0 Å². The van der Waals surface area contributed by atoms with Gasteiger partial charge in [0.1, 0.15) is 11.3 Å². The maximum absolute atomic E-state index is 5.90. The number of hydrogen-bond acceptors (Lipinski definition) is 3. The zero-order chi connectivity index (χ0) is 15.2. The molecule has 0 atom stereocenters. The molecule has 0 aliphatic rings. The Morgan fingerprint density at radius 1 is 1.14 bits per heavy atom. The molecule has 0 saturated carbocycles. The van der Waals surface area contributed by atoms with Gasteiger partial charge < -0.3 is 10.2 Å². The van der Waals surface area contributed by atoms with Crippen LogP contribution in [0.3, 0.4) is 0 Å². The largest absolute Gasteiger partial charge is 0.459 e. The summed E-state index contributed by atoms with van der Waals surface area (Å²) in [5.74, 6) is 1.70. The molecular weight excluding hydrogens is 260 g/mol. The third kappa shape index (κ3) is 3.66. The lowest BCUT2D eigenvalue weighted by atomic mass is 10.0.